The molecule has 0 saturated carbocycles. The minimum Gasteiger partial charge on any atom is -0.496 e. The number of anilines is 2. The molecule has 0 radical (unpaired) electrons. The number of carbonyl (C=O) groups excluding carboxylic acids is 1. The van der Waals surface area contributed by atoms with E-state index in [9.17, 15) is 4.79 Å². The van der Waals surface area contributed by atoms with Crippen LogP contribution in [0.1, 0.15) is 0 Å². The predicted molar refractivity (Wildman–Crippen MR) is 110 cm³/mol. The Morgan fingerprint density at radius 2 is 1.73 bits per heavy atom. The Morgan fingerprint density at radius 3 is 2.35 bits per heavy atom. The third-order valence-corrected chi connectivity index (χ3v) is 4.82. The van der Waals surface area contributed by atoms with Gasteiger partial charge in [-0.3, -0.25) is 4.68 Å². The van der Waals surface area contributed by atoms with Crippen LogP contribution in [0.5, 0.6) is 5.75 Å². The van der Waals surface area contributed by atoms with Crippen molar-refractivity contribution < 1.29 is 9.53 Å². The molecule has 1 aromatic heterocycles. The van der Waals surface area contributed by atoms with Crippen molar-refractivity contribution in [2.24, 2.45) is 7.05 Å². The summed E-state index contributed by atoms with van der Waals surface area (Å²) in [6.07, 6.45) is 1.72. The van der Waals surface area contributed by atoms with Crippen LogP contribution in [0, 0.1) is 0 Å². The van der Waals surface area contributed by atoms with Crippen molar-refractivity contribution >= 4 is 49.3 Å². The number of nitrogens with zero attached hydrogens (tertiary/aromatic N) is 2. The van der Waals surface area contributed by atoms with Crippen LogP contribution < -0.4 is 15.4 Å². The summed E-state index contributed by atoms with van der Waals surface area (Å²) in [5, 5.41) is 9.86. The summed E-state index contributed by atoms with van der Waals surface area (Å²) in [6, 6.07) is 12.5. The number of aryl methyl sites for hydroxylation is 1. The van der Waals surface area contributed by atoms with Gasteiger partial charge < -0.3 is 15.4 Å². The molecule has 2 N–H and O–H groups in total. The van der Waals surface area contributed by atoms with Crippen LogP contribution in [0.2, 0.25) is 0 Å². The normalized spacial score (nSPS) is 10.5. The van der Waals surface area contributed by atoms with Crippen molar-refractivity contribution in [3.63, 3.8) is 0 Å². The van der Waals surface area contributed by atoms with Crippen molar-refractivity contribution in [1.82, 2.24) is 9.78 Å². The maximum Gasteiger partial charge on any atom is 0.323 e. The van der Waals surface area contributed by atoms with Crippen LogP contribution >= 0.6 is 31.9 Å². The molecule has 3 rings (SSSR count). The average molecular weight is 480 g/mol. The van der Waals surface area contributed by atoms with Gasteiger partial charge in [-0.2, -0.15) is 5.10 Å². The van der Waals surface area contributed by atoms with Gasteiger partial charge in [0.1, 0.15) is 5.75 Å². The first kappa shape index (κ1) is 18.5. The molecule has 0 unspecified atom stereocenters. The molecule has 0 spiro atoms. The molecule has 0 atom stereocenters. The second kappa shape index (κ2) is 7.92. The zero-order valence-corrected chi connectivity index (χ0v) is 17.3. The number of carbonyl (C=O) groups is 1. The van der Waals surface area contributed by atoms with Gasteiger partial charge >= 0.3 is 6.03 Å². The number of halogens is 2. The molecular formula is C18H16Br2N4O2. The van der Waals surface area contributed by atoms with E-state index in [0.29, 0.717) is 17.1 Å². The monoisotopic (exact) mass is 478 g/mol. The minimum absolute atomic E-state index is 0.326. The molecule has 0 aliphatic carbocycles. The Balaban J connectivity index is 1.83. The first-order valence-electron chi connectivity index (χ1n) is 7.67. The van der Waals surface area contributed by atoms with Gasteiger partial charge in [-0.15, -0.1) is 0 Å². The van der Waals surface area contributed by atoms with Crippen LogP contribution in [-0.4, -0.2) is 22.9 Å². The van der Waals surface area contributed by atoms with Gasteiger partial charge in [-0.25, -0.2) is 4.79 Å². The number of methoxy groups -OCH3 is 1. The topological polar surface area (TPSA) is 68.2 Å². The number of aromatic nitrogens is 2. The summed E-state index contributed by atoms with van der Waals surface area (Å²) in [4.78, 5) is 12.3. The summed E-state index contributed by atoms with van der Waals surface area (Å²) in [7, 11) is 3.45. The van der Waals surface area contributed by atoms with Crippen LogP contribution in [0.25, 0.3) is 11.3 Å². The second-order valence-corrected chi connectivity index (χ2v) is 7.24. The Morgan fingerprint density at radius 1 is 1.08 bits per heavy atom. The average Bonchev–Trinajstić information content (AvgIpc) is 2.95. The fourth-order valence-corrected chi connectivity index (χ4v) is 3.34. The van der Waals surface area contributed by atoms with Crippen LogP contribution in [-0.2, 0) is 7.05 Å². The lowest BCUT2D eigenvalue weighted by atomic mass is 10.1. The number of hydrogen-bond acceptors (Lipinski definition) is 3. The van der Waals surface area contributed by atoms with E-state index in [0.717, 1.165) is 20.2 Å². The summed E-state index contributed by atoms with van der Waals surface area (Å²) < 4.78 is 8.99. The van der Waals surface area contributed by atoms with Gasteiger partial charge in [0.05, 0.1) is 23.5 Å². The fraction of sp³-hybridized carbons (Fsp3) is 0.111. The molecule has 0 bridgehead atoms. The van der Waals surface area contributed by atoms with Gasteiger partial charge in [0.2, 0.25) is 0 Å². The summed E-state index contributed by atoms with van der Waals surface area (Å²) in [5.41, 5.74) is 3.02. The van der Waals surface area contributed by atoms with Gasteiger partial charge in [-0.05, 0) is 58.4 Å². The lowest BCUT2D eigenvalue weighted by Gasteiger charge is -2.13. The third kappa shape index (κ3) is 4.08. The van der Waals surface area contributed by atoms with Crippen molar-refractivity contribution in [2.75, 3.05) is 17.7 Å². The number of nitrogens with one attached hydrogen (secondary N) is 2. The molecule has 134 valence electrons. The largest absolute Gasteiger partial charge is 0.496 e. The van der Waals surface area contributed by atoms with E-state index in [-0.39, 0.29) is 6.03 Å². The van der Waals surface area contributed by atoms with Gasteiger partial charge in [0, 0.05) is 28.5 Å². The highest BCUT2D eigenvalue weighted by Gasteiger charge is 2.15. The van der Waals surface area contributed by atoms with E-state index in [1.54, 1.807) is 24.1 Å². The zero-order valence-electron chi connectivity index (χ0n) is 14.1. The first-order chi connectivity index (χ1) is 12.5. The van der Waals surface area contributed by atoms with Crippen LogP contribution in [0.3, 0.4) is 0 Å². The Hall–Kier alpha value is -2.32. The fourth-order valence-electron chi connectivity index (χ4n) is 2.51. The number of benzene rings is 2. The smallest absolute Gasteiger partial charge is 0.323 e. The molecule has 0 aliphatic rings. The third-order valence-electron chi connectivity index (χ3n) is 3.71. The molecule has 0 saturated heterocycles. The van der Waals surface area contributed by atoms with Crippen LogP contribution in [0.4, 0.5) is 16.2 Å². The highest BCUT2D eigenvalue weighted by Crippen LogP contribution is 2.36. The first-order valence-corrected chi connectivity index (χ1v) is 9.26. The van der Waals surface area contributed by atoms with Gasteiger partial charge in [0.25, 0.3) is 0 Å². The van der Waals surface area contributed by atoms with Crippen molar-refractivity contribution in [3.05, 3.63) is 57.6 Å². The molecule has 0 fully saturated rings. The summed E-state index contributed by atoms with van der Waals surface area (Å²) >= 11 is 6.87. The lowest BCUT2D eigenvalue weighted by molar-refractivity contribution is 0.262. The Bertz CT molecular complexity index is 919. The van der Waals surface area contributed by atoms with E-state index in [1.807, 2.05) is 43.4 Å². The molecular weight excluding hydrogens is 464 g/mol. The van der Waals surface area contributed by atoms with E-state index < -0.39 is 0 Å². The quantitative estimate of drug-likeness (QED) is 0.535. The molecule has 8 heteroatoms. The number of ether oxygens (including phenoxy) is 1. The molecule has 3 aromatic rings. The second-order valence-electron chi connectivity index (χ2n) is 5.47. The van der Waals surface area contributed by atoms with Crippen molar-refractivity contribution in [3.8, 4) is 17.0 Å². The SMILES string of the molecule is COc1ccc(NC(=O)Nc2ccc(Br)cc2)cc1-c1c(Br)cnn1C. The van der Waals surface area contributed by atoms with E-state index in [1.165, 1.54) is 0 Å². The molecule has 1 heterocycles. The number of urea groups is 1. The molecule has 26 heavy (non-hydrogen) atoms. The maximum atomic E-state index is 12.3. The Kier molecular flexibility index (Phi) is 5.63. The zero-order chi connectivity index (χ0) is 18.7. The lowest BCUT2D eigenvalue weighted by Crippen LogP contribution is -2.19. The van der Waals surface area contributed by atoms with Crippen LogP contribution in [0.15, 0.2) is 57.6 Å². The minimum atomic E-state index is -0.326. The number of hydrogen-bond donors (Lipinski definition) is 2. The number of rotatable bonds is 4. The molecule has 0 aliphatic heterocycles. The van der Waals surface area contributed by atoms with E-state index in [4.69, 9.17) is 4.74 Å². The van der Waals surface area contributed by atoms with Crippen molar-refractivity contribution in [1.29, 1.82) is 0 Å². The molecule has 2 amide bonds. The summed E-state index contributed by atoms with van der Waals surface area (Å²) in [6.45, 7) is 0. The Labute approximate surface area is 167 Å². The summed E-state index contributed by atoms with van der Waals surface area (Å²) in [5.74, 6) is 0.688. The number of amides is 2. The van der Waals surface area contributed by atoms with E-state index >= 15 is 0 Å². The highest BCUT2D eigenvalue weighted by atomic mass is 79.9. The van der Waals surface area contributed by atoms with E-state index in [2.05, 4.69) is 47.6 Å². The molecule has 6 nitrogen and oxygen atoms in total. The predicted octanol–water partition coefficient (Wildman–Crippen LogP) is 5.26. The standard InChI is InChI=1S/C18H16Br2N4O2/c1-24-17(15(20)10-21-24)14-9-13(7-8-16(14)26-2)23-18(25)22-12-5-3-11(19)4-6-12/h3-10H,1-2H3,(H2,22,23,25). The highest BCUT2D eigenvalue weighted by molar-refractivity contribution is 9.10. The molecule has 2 aromatic carbocycles. The van der Waals surface area contributed by atoms with Crippen molar-refractivity contribution in [2.45, 2.75) is 0 Å². The van der Waals surface area contributed by atoms with Gasteiger partial charge in [0.15, 0.2) is 0 Å². The maximum absolute atomic E-state index is 12.3. The van der Waals surface area contributed by atoms with Gasteiger partial charge in [-0.1, -0.05) is 15.9 Å².